The summed E-state index contributed by atoms with van der Waals surface area (Å²) in [7, 11) is 3.89. The summed E-state index contributed by atoms with van der Waals surface area (Å²) in [6.45, 7) is 5.70. The van der Waals surface area contributed by atoms with Gasteiger partial charge in [0.15, 0.2) is 11.6 Å². The number of benzene rings is 5. The summed E-state index contributed by atoms with van der Waals surface area (Å²) in [4.78, 5) is 43.6. The van der Waals surface area contributed by atoms with Gasteiger partial charge in [-0.3, -0.25) is 24.4 Å². The number of hydrogen-bond donors (Lipinski definition) is 2. The van der Waals surface area contributed by atoms with Crippen LogP contribution in [0.2, 0.25) is 0 Å². The fourth-order valence-corrected chi connectivity index (χ4v) is 7.28. The molecule has 8 aromatic rings. The van der Waals surface area contributed by atoms with Crippen molar-refractivity contribution in [2.45, 2.75) is 27.7 Å². The van der Waals surface area contributed by atoms with Crippen molar-refractivity contribution in [3.05, 3.63) is 149 Å². The number of carbonyl (C=O) groups is 2. The van der Waals surface area contributed by atoms with Crippen molar-refractivity contribution in [1.82, 2.24) is 9.97 Å². The first-order valence-electron chi connectivity index (χ1n) is 17.3. The molecule has 0 unspecified atom stereocenters. The number of aromatic nitrogens is 2. The van der Waals surface area contributed by atoms with E-state index in [-0.39, 0.29) is 63.3 Å². The average Bonchev–Trinajstić information content (AvgIpc) is 3.78. The zero-order valence-electron chi connectivity index (χ0n) is 32.3. The molecule has 2 radical (unpaired) electrons. The molecule has 0 atom stereocenters. The van der Waals surface area contributed by atoms with E-state index in [2.05, 4.69) is 65.6 Å². The topological polar surface area (TPSA) is 134 Å². The number of ketones is 2. The van der Waals surface area contributed by atoms with Crippen LogP contribution in [0.1, 0.15) is 27.7 Å². The minimum absolute atomic E-state index is 0. The maximum Gasteiger partial charge on any atom is 0.269 e. The molecule has 0 amide bonds. The van der Waals surface area contributed by atoms with Gasteiger partial charge in [0.1, 0.15) is 0 Å². The third-order valence-electron chi connectivity index (χ3n) is 7.71. The average molecular weight is 1170 g/mol. The van der Waals surface area contributed by atoms with E-state index in [0.717, 1.165) is 37.4 Å². The molecular formula is C45H39Ir2N3O6S2-2. The quantitative estimate of drug-likeness (QED) is 0.0748. The Morgan fingerprint density at radius 2 is 1.22 bits per heavy atom. The predicted octanol–water partition coefficient (Wildman–Crippen LogP) is 10.9. The Hall–Kier alpha value is -5.13. The molecule has 302 valence electrons. The molecule has 0 aliphatic carbocycles. The zero-order valence-corrected chi connectivity index (χ0v) is 38.7. The number of para-hydroxylation sites is 2. The Kier molecular flexibility index (Phi) is 18.0. The van der Waals surface area contributed by atoms with Crippen LogP contribution in [0, 0.1) is 12.1 Å². The minimum atomic E-state index is -0.410. The second-order valence-electron chi connectivity index (χ2n) is 12.7. The van der Waals surface area contributed by atoms with E-state index in [1.165, 1.54) is 66.7 Å². The van der Waals surface area contributed by atoms with Crippen molar-refractivity contribution in [1.29, 1.82) is 0 Å². The number of nitrogens with zero attached hydrogens (tertiary/aromatic N) is 3. The third-order valence-corrected chi connectivity index (χ3v) is 9.82. The molecule has 0 aliphatic rings. The molecule has 3 heterocycles. The molecule has 0 bridgehead atoms. The molecule has 0 spiro atoms. The molecule has 0 aliphatic heterocycles. The summed E-state index contributed by atoms with van der Waals surface area (Å²) >= 11 is 3.19. The molecule has 0 fully saturated rings. The summed E-state index contributed by atoms with van der Waals surface area (Å²) in [6.07, 6.45) is 2.33. The standard InChI is InChI=1S/C18H13N2O2S.C17H10NS.2C5H8O2.2Ir/c1-20(2)12-8-7-11-9-13(18(21)22-15(11)10-12)17-19-14-5-3-4-6-16(14)23-17;1-2-8-13-12(6-1)7-5-9-14(13)17-18-15-10-3-4-11-16(15)19-17;2*1-4(6)3-5(2)7;;/h3-8,10H,1-2H3;1-8,10-11H;2*3,6H,1-2H3;;/q2*-1;;;;. The maximum absolute atomic E-state index is 12.3. The SMILES string of the molecule is CC(=O)C=C(C)O.CC(=O)C=C(C)O.CN(C)c1ccc2[c-]c(-c3nc4ccccc4s3)c(=O)oc2c1.[Ir].[Ir].[c-]1ccc2ccccc2c1-c1nc2ccccc2s1. The van der Waals surface area contributed by atoms with Crippen LogP contribution in [-0.2, 0) is 49.8 Å². The van der Waals surface area contributed by atoms with Gasteiger partial charge in [-0.1, -0.05) is 65.4 Å². The number of thiazole rings is 2. The van der Waals surface area contributed by atoms with Gasteiger partial charge in [-0.25, -0.2) is 0 Å². The number of fused-ring (bicyclic) bond motifs is 4. The van der Waals surface area contributed by atoms with Crippen LogP contribution in [0.5, 0.6) is 0 Å². The molecule has 0 saturated carbocycles. The van der Waals surface area contributed by atoms with Gasteiger partial charge in [0.2, 0.25) is 0 Å². The number of carbonyl (C=O) groups excluding carboxylic acids is 2. The van der Waals surface area contributed by atoms with Crippen molar-refractivity contribution in [3.63, 3.8) is 0 Å². The van der Waals surface area contributed by atoms with Gasteiger partial charge in [-0.15, -0.1) is 41.3 Å². The summed E-state index contributed by atoms with van der Waals surface area (Å²) in [6, 6.07) is 40.7. The zero-order chi connectivity index (χ0) is 40.4. The van der Waals surface area contributed by atoms with Gasteiger partial charge in [0.05, 0.1) is 33.1 Å². The third kappa shape index (κ3) is 12.9. The van der Waals surface area contributed by atoms with Crippen LogP contribution >= 0.6 is 22.7 Å². The van der Waals surface area contributed by atoms with Gasteiger partial charge < -0.3 is 19.5 Å². The van der Waals surface area contributed by atoms with Crippen molar-refractivity contribution >= 4 is 82.1 Å². The monoisotopic (exact) mass is 1170 g/mol. The molecule has 3 aromatic heterocycles. The van der Waals surface area contributed by atoms with Crippen LogP contribution in [0.15, 0.2) is 136 Å². The Balaban J connectivity index is 0.000000231. The molecule has 2 N–H and O–H groups in total. The summed E-state index contributed by atoms with van der Waals surface area (Å²) < 4.78 is 7.75. The Morgan fingerprint density at radius 3 is 1.72 bits per heavy atom. The van der Waals surface area contributed by atoms with E-state index in [4.69, 9.17) is 19.6 Å². The Labute approximate surface area is 371 Å². The van der Waals surface area contributed by atoms with Crippen molar-refractivity contribution < 1.29 is 64.4 Å². The van der Waals surface area contributed by atoms with Crippen LogP contribution in [-0.4, -0.2) is 45.8 Å². The fraction of sp³-hybridized carbons (Fsp3) is 0.133. The molecule has 58 heavy (non-hydrogen) atoms. The van der Waals surface area contributed by atoms with Gasteiger partial charge >= 0.3 is 0 Å². The fourth-order valence-electron chi connectivity index (χ4n) is 5.34. The van der Waals surface area contributed by atoms with Crippen LogP contribution in [0.3, 0.4) is 0 Å². The van der Waals surface area contributed by atoms with E-state index in [1.807, 2.05) is 73.6 Å². The van der Waals surface area contributed by atoms with Gasteiger partial charge in [-0.2, -0.15) is 22.7 Å². The molecule has 13 heteroatoms. The minimum Gasteiger partial charge on any atom is -0.512 e. The van der Waals surface area contributed by atoms with Crippen LogP contribution in [0.25, 0.3) is 63.3 Å². The van der Waals surface area contributed by atoms with Crippen molar-refractivity contribution in [2.75, 3.05) is 19.0 Å². The summed E-state index contributed by atoms with van der Waals surface area (Å²) in [5, 5.41) is 21.6. The number of anilines is 1. The maximum atomic E-state index is 12.3. The molecule has 9 nitrogen and oxygen atoms in total. The number of rotatable bonds is 5. The van der Waals surface area contributed by atoms with E-state index >= 15 is 0 Å². The Bertz CT molecular complexity index is 2680. The number of allylic oxidation sites excluding steroid dienone is 4. The van der Waals surface area contributed by atoms with Crippen LogP contribution in [0.4, 0.5) is 5.69 Å². The summed E-state index contributed by atoms with van der Waals surface area (Å²) in [5.41, 5.74) is 4.52. The van der Waals surface area contributed by atoms with E-state index in [0.29, 0.717) is 16.2 Å². The molecule has 0 saturated heterocycles. The molecular weight excluding hydrogens is 1130 g/mol. The van der Waals surface area contributed by atoms with Crippen LogP contribution < -0.4 is 10.5 Å². The second-order valence-corrected chi connectivity index (χ2v) is 14.7. The second kappa shape index (κ2) is 22.1. The first-order valence-corrected chi connectivity index (χ1v) is 19.0. The van der Waals surface area contributed by atoms with E-state index in [9.17, 15) is 14.4 Å². The normalized spacial score (nSPS) is 10.9. The van der Waals surface area contributed by atoms with E-state index in [1.54, 1.807) is 11.3 Å². The van der Waals surface area contributed by atoms with Gasteiger partial charge in [0.25, 0.3) is 5.63 Å². The first-order chi connectivity index (χ1) is 26.8. The van der Waals surface area contributed by atoms with E-state index < -0.39 is 5.63 Å². The number of aliphatic hydroxyl groups is 2. The smallest absolute Gasteiger partial charge is 0.269 e. The van der Waals surface area contributed by atoms with Crippen molar-refractivity contribution in [2.24, 2.45) is 0 Å². The largest absolute Gasteiger partial charge is 0.512 e. The molecule has 5 aromatic carbocycles. The Morgan fingerprint density at radius 1 is 0.707 bits per heavy atom. The summed E-state index contributed by atoms with van der Waals surface area (Å²) in [5.74, 6) is -0.125. The van der Waals surface area contributed by atoms with Crippen molar-refractivity contribution in [3.8, 4) is 21.1 Å². The van der Waals surface area contributed by atoms with Gasteiger partial charge in [-0.05, 0) is 63.6 Å². The number of hydrogen-bond acceptors (Lipinski definition) is 11. The van der Waals surface area contributed by atoms with Gasteiger partial charge in [0, 0.05) is 86.6 Å². The first kappa shape index (κ1) is 47.2. The predicted molar refractivity (Wildman–Crippen MR) is 230 cm³/mol. The number of aliphatic hydroxyl groups excluding tert-OH is 2. The molecule has 8 rings (SSSR count).